The SMILES string of the molecule is CN=C(NCCn1cccn1)N1CC(C)CC(C)C1.I. The molecule has 1 fully saturated rings. The predicted molar refractivity (Wildman–Crippen MR) is 93.5 cm³/mol. The molecule has 1 aliphatic rings. The van der Waals surface area contributed by atoms with E-state index in [0.717, 1.165) is 44.0 Å². The van der Waals surface area contributed by atoms with Gasteiger partial charge in [0.05, 0.1) is 6.54 Å². The summed E-state index contributed by atoms with van der Waals surface area (Å²) in [6.45, 7) is 8.56. The number of nitrogens with zero attached hydrogens (tertiary/aromatic N) is 4. The van der Waals surface area contributed by atoms with E-state index in [2.05, 4.69) is 34.2 Å². The van der Waals surface area contributed by atoms with Crippen LogP contribution in [0.1, 0.15) is 20.3 Å². The van der Waals surface area contributed by atoms with Gasteiger partial charge < -0.3 is 10.2 Å². The molecule has 1 aromatic rings. The number of guanidine groups is 1. The second-order valence-electron chi connectivity index (χ2n) is 5.59. The Hall–Kier alpha value is -0.790. The predicted octanol–water partition coefficient (Wildman–Crippen LogP) is 2.05. The Kier molecular flexibility index (Phi) is 7.32. The molecular weight excluding hydrogens is 365 g/mol. The van der Waals surface area contributed by atoms with E-state index in [1.807, 2.05) is 30.2 Å². The number of hydrogen-bond acceptors (Lipinski definition) is 2. The van der Waals surface area contributed by atoms with Crippen molar-refractivity contribution >= 4 is 29.9 Å². The third-order valence-electron chi connectivity index (χ3n) is 3.56. The lowest BCUT2D eigenvalue weighted by Gasteiger charge is -2.37. The maximum absolute atomic E-state index is 4.40. The maximum atomic E-state index is 4.40. The Bertz CT molecular complexity index is 394. The molecule has 0 amide bonds. The standard InChI is InChI=1S/C14H25N5.HI/c1-12-9-13(2)11-18(10-12)14(15-3)16-6-8-19-7-4-5-17-19;/h4-5,7,12-13H,6,8-11H2,1-3H3,(H,15,16);1H. The Morgan fingerprint density at radius 2 is 2.05 bits per heavy atom. The largest absolute Gasteiger partial charge is 0.354 e. The number of aromatic nitrogens is 2. The molecule has 2 atom stereocenters. The average molecular weight is 391 g/mol. The van der Waals surface area contributed by atoms with Gasteiger partial charge in [0, 0.05) is 39.1 Å². The highest BCUT2D eigenvalue weighted by Gasteiger charge is 2.23. The van der Waals surface area contributed by atoms with Crippen molar-refractivity contribution in [2.24, 2.45) is 16.8 Å². The maximum Gasteiger partial charge on any atom is 0.193 e. The zero-order chi connectivity index (χ0) is 13.7. The number of aliphatic imine (C=N–C) groups is 1. The van der Waals surface area contributed by atoms with Crippen molar-refractivity contribution < 1.29 is 0 Å². The van der Waals surface area contributed by atoms with Crippen LogP contribution in [-0.4, -0.2) is 47.3 Å². The molecule has 0 spiro atoms. The zero-order valence-electron chi connectivity index (χ0n) is 12.6. The summed E-state index contributed by atoms with van der Waals surface area (Å²) in [5.74, 6) is 2.51. The molecule has 2 heterocycles. The second kappa shape index (κ2) is 8.49. The summed E-state index contributed by atoms with van der Waals surface area (Å²) in [5.41, 5.74) is 0. The van der Waals surface area contributed by atoms with Gasteiger partial charge in [-0.25, -0.2) is 0 Å². The molecule has 6 heteroatoms. The Labute approximate surface area is 138 Å². The molecule has 1 N–H and O–H groups in total. The quantitative estimate of drug-likeness (QED) is 0.488. The molecular formula is C14H26IN5. The summed E-state index contributed by atoms with van der Waals surface area (Å²) < 4.78 is 1.93. The van der Waals surface area contributed by atoms with Gasteiger partial charge in [0.1, 0.15) is 0 Å². The highest BCUT2D eigenvalue weighted by Crippen LogP contribution is 2.20. The lowest BCUT2D eigenvalue weighted by molar-refractivity contribution is 0.208. The van der Waals surface area contributed by atoms with Crippen LogP contribution in [0.3, 0.4) is 0 Å². The van der Waals surface area contributed by atoms with E-state index in [0.29, 0.717) is 0 Å². The molecule has 1 saturated heterocycles. The minimum Gasteiger partial charge on any atom is -0.354 e. The lowest BCUT2D eigenvalue weighted by Crippen LogP contribution is -2.49. The number of piperidine rings is 1. The van der Waals surface area contributed by atoms with E-state index in [4.69, 9.17) is 0 Å². The monoisotopic (exact) mass is 391 g/mol. The van der Waals surface area contributed by atoms with Gasteiger partial charge in [0.15, 0.2) is 5.96 Å². The second-order valence-corrected chi connectivity index (χ2v) is 5.59. The summed E-state index contributed by atoms with van der Waals surface area (Å²) in [4.78, 5) is 6.78. The van der Waals surface area contributed by atoms with Crippen molar-refractivity contribution in [2.75, 3.05) is 26.7 Å². The Balaban J connectivity index is 0.00000200. The topological polar surface area (TPSA) is 45.5 Å². The van der Waals surface area contributed by atoms with Crippen molar-refractivity contribution in [2.45, 2.75) is 26.8 Å². The normalized spacial score (nSPS) is 23.4. The number of halogens is 1. The highest BCUT2D eigenvalue weighted by molar-refractivity contribution is 14.0. The zero-order valence-corrected chi connectivity index (χ0v) is 14.9. The summed E-state index contributed by atoms with van der Waals surface area (Å²) in [7, 11) is 1.86. The van der Waals surface area contributed by atoms with Crippen LogP contribution < -0.4 is 5.32 Å². The van der Waals surface area contributed by atoms with E-state index >= 15 is 0 Å². The Morgan fingerprint density at radius 3 is 2.60 bits per heavy atom. The fourth-order valence-electron chi connectivity index (χ4n) is 2.88. The van der Waals surface area contributed by atoms with Gasteiger partial charge in [-0.3, -0.25) is 9.67 Å². The van der Waals surface area contributed by atoms with Crippen LogP contribution in [0.15, 0.2) is 23.5 Å². The molecule has 2 rings (SSSR count). The van der Waals surface area contributed by atoms with Crippen LogP contribution in [0.5, 0.6) is 0 Å². The minimum absolute atomic E-state index is 0. The summed E-state index contributed by atoms with van der Waals surface area (Å²) in [6, 6.07) is 1.95. The molecule has 5 nitrogen and oxygen atoms in total. The van der Waals surface area contributed by atoms with Gasteiger partial charge in [-0.15, -0.1) is 24.0 Å². The van der Waals surface area contributed by atoms with E-state index in [9.17, 15) is 0 Å². The molecule has 0 saturated carbocycles. The van der Waals surface area contributed by atoms with Gasteiger partial charge in [0.2, 0.25) is 0 Å². The average Bonchev–Trinajstić information content (AvgIpc) is 2.86. The van der Waals surface area contributed by atoms with Gasteiger partial charge in [0.25, 0.3) is 0 Å². The van der Waals surface area contributed by atoms with Gasteiger partial charge >= 0.3 is 0 Å². The van der Waals surface area contributed by atoms with Crippen molar-refractivity contribution in [3.63, 3.8) is 0 Å². The van der Waals surface area contributed by atoms with Crippen LogP contribution in [0.25, 0.3) is 0 Å². The van der Waals surface area contributed by atoms with Gasteiger partial charge in [-0.2, -0.15) is 5.10 Å². The van der Waals surface area contributed by atoms with Crippen LogP contribution in [0.4, 0.5) is 0 Å². The highest BCUT2D eigenvalue weighted by atomic mass is 127. The molecule has 0 bridgehead atoms. The summed E-state index contributed by atoms with van der Waals surface area (Å²) >= 11 is 0. The first kappa shape index (κ1) is 17.3. The fourth-order valence-corrected chi connectivity index (χ4v) is 2.88. The third-order valence-corrected chi connectivity index (χ3v) is 3.56. The third kappa shape index (κ3) is 4.96. The first-order valence-electron chi connectivity index (χ1n) is 7.12. The van der Waals surface area contributed by atoms with Gasteiger partial charge in [-0.05, 0) is 24.3 Å². The van der Waals surface area contributed by atoms with Crippen LogP contribution in [0.2, 0.25) is 0 Å². The summed E-state index contributed by atoms with van der Waals surface area (Å²) in [6.07, 6.45) is 5.11. The smallest absolute Gasteiger partial charge is 0.193 e. The number of likely N-dealkylation sites (tertiary alicyclic amines) is 1. The molecule has 0 aliphatic carbocycles. The fraction of sp³-hybridized carbons (Fsp3) is 0.714. The van der Waals surface area contributed by atoms with E-state index in [1.165, 1.54) is 6.42 Å². The molecule has 1 aromatic heterocycles. The number of nitrogens with one attached hydrogen (secondary N) is 1. The van der Waals surface area contributed by atoms with Gasteiger partial charge in [-0.1, -0.05) is 13.8 Å². The minimum atomic E-state index is 0. The summed E-state index contributed by atoms with van der Waals surface area (Å²) in [5, 5.41) is 7.63. The van der Waals surface area contributed by atoms with E-state index < -0.39 is 0 Å². The van der Waals surface area contributed by atoms with Crippen LogP contribution >= 0.6 is 24.0 Å². The Morgan fingerprint density at radius 1 is 1.35 bits per heavy atom. The first-order chi connectivity index (χ1) is 9.19. The molecule has 114 valence electrons. The van der Waals surface area contributed by atoms with E-state index in [1.54, 1.807) is 0 Å². The van der Waals surface area contributed by atoms with Crippen molar-refractivity contribution in [1.29, 1.82) is 0 Å². The molecule has 1 aliphatic heterocycles. The van der Waals surface area contributed by atoms with Crippen molar-refractivity contribution in [3.05, 3.63) is 18.5 Å². The number of rotatable bonds is 3. The van der Waals surface area contributed by atoms with Crippen molar-refractivity contribution in [3.8, 4) is 0 Å². The number of hydrogen-bond donors (Lipinski definition) is 1. The lowest BCUT2D eigenvalue weighted by atomic mass is 9.92. The van der Waals surface area contributed by atoms with Crippen LogP contribution in [-0.2, 0) is 6.54 Å². The first-order valence-corrected chi connectivity index (χ1v) is 7.12. The molecule has 0 aromatic carbocycles. The van der Waals surface area contributed by atoms with Crippen molar-refractivity contribution in [1.82, 2.24) is 20.0 Å². The molecule has 0 radical (unpaired) electrons. The van der Waals surface area contributed by atoms with E-state index in [-0.39, 0.29) is 24.0 Å². The molecule has 20 heavy (non-hydrogen) atoms. The van der Waals surface area contributed by atoms with Crippen LogP contribution in [0, 0.1) is 11.8 Å². The molecule has 2 unspecified atom stereocenters.